The van der Waals surface area contributed by atoms with Crippen molar-refractivity contribution in [2.75, 3.05) is 9.80 Å². The van der Waals surface area contributed by atoms with Gasteiger partial charge >= 0.3 is 0 Å². The third-order valence-corrected chi connectivity index (χ3v) is 8.62. The number of benzene rings is 6. The van der Waals surface area contributed by atoms with Crippen LogP contribution in [0, 0.1) is 0 Å². The zero-order chi connectivity index (χ0) is 28.8. The number of anilines is 5. The summed E-state index contributed by atoms with van der Waals surface area (Å²) in [5.74, 6) is 0. The fraction of sp³-hybridized carbons (Fsp3) is 0.0244. The highest BCUT2D eigenvalue weighted by molar-refractivity contribution is 6.00. The van der Waals surface area contributed by atoms with Crippen molar-refractivity contribution in [3.05, 3.63) is 181 Å². The van der Waals surface area contributed by atoms with Gasteiger partial charge in [-0.3, -0.25) is 0 Å². The van der Waals surface area contributed by atoms with E-state index in [1.807, 2.05) is 0 Å². The van der Waals surface area contributed by atoms with E-state index >= 15 is 0 Å². The SMILES string of the molecule is C=C1/C2=C\C=C/N(c3ccc(N(c4ccccc4)c4cccc5ccccc45)cc3)c3cccc(c31)-c1ccccc1C2. The Kier molecular flexibility index (Phi) is 6.05. The molecule has 2 bridgehead atoms. The van der Waals surface area contributed by atoms with Gasteiger partial charge in [-0.05, 0) is 94.3 Å². The first-order valence-corrected chi connectivity index (χ1v) is 14.8. The number of allylic oxidation sites excluding steroid dienone is 4. The van der Waals surface area contributed by atoms with E-state index in [1.54, 1.807) is 0 Å². The molecule has 0 saturated heterocycles. The van der Waals surface area contributed by atoms with E-state index in [2.05, 4.69) is 174 Å². The van der Waals surface area contributed by atoms with Crippen molar-refractivity contribution in [3.8, 4) is 11.1 Å². The molecular weight excluding hydrogens is 520 g/mol. The molecule has 0 radical (unpaired) electrons. The zero-order valence-corrected chi connectivity index (χ0v) is 23.8. The minimum atomic E-state index is 0.881. The van der Waals surface area contributed by atoms with Gasteiger partial charge in [0.1, 0.15) is 0 Å². The summed E-state index contributed by atoms with van der Waals surface area (Å²) < 4.78 is 0. The lowest BCUT2D eigenvalue weighted by Crippen LogP contribution is -2.13. The maximum Gasteiger partial charge on any atom is 0.0540 e. The standard InChI is InChI=1S/C41H30N2/c1-29-31-15-11-27-42(40-22-10-20-38(41(29)40)36-18-7-6-13-32(36)28-31)33-23-25-35(26-24-33)43(34-16-3-2-4-17-34)39-21-9-14-30-12-5-8-19-37(30)39/h2-27H,1,28H2/b27-11-,31-15-. The Morgan fingerprint density at radius 1 is 0.605 bits per heavy atom. The van der Waals surface area contributed by atoms with E-state index in [0.717, 1.165) is 40.4 Å². The van der Waals surface area contributed by atoms with Crippen molar-refractivity contribution in [1.29, 1.82) is 0 Å². The molecule has 0 saturated carbocycles. The van der Waals surface area contributed by atoms with Crippen LogP contribution < -0.4 is 9.80 Å². The van der Waals surface area contributed by atoms with Crippen LogP contribution in [0.25, 0.3) is 27.5 Å². The second kappa shape index (κ2) is 10.3. The molecule has 204 valence electrons. The van der Waals surface area contributed by atoms with Crippen molar-refractivity contribution in [2.45, 2.75) is 6.42 Å². The fourth-order valence-electron chi connectivity index (χ4n) is 6.57. The summed E-state index contributed by atoms with van der Waals surface area (Å²) >= 11 is 0. The van der Waals surface area contributed by atoms with E-state index in [1.165, 1.54) is 38.6 Å². The first-order valence-electron chi connectivity index (χ1n) is 14.8. The molecule has 0 atom stereocenters. The van der Waals surface area contributed by atoms with Crippen molar-refractivity contribution in [1.82, 2.24) is 0 Å². The Morgan fingerprint density at radius 3 is 2.19 bits per heavy atom. The van der Waals surface area contributed by atoms with Crippen molar-refractivity contribution in [2.24, 2.45) is 0 Å². The Balaban J connectivity index is 1.26. The lowest BCUT2D eigenvalue weighted by Gasteiger charge is -2.29. The Bertz CT molecular complexity index is 2060. The third kappa shape index (κ3) is 4.27. The largest absolute Gasteiger partial charge is 0.317 e. The topological polar surface area (TPSA) is 6.48 Å². The highest BCUT2D eigenvalue weighted by Crippen LogP contribution is 2.47. The molecular formula is C41H30N2. The molecule has 0 unspecified atom stereocenters. The second-order valence-corrected chi connectivity index (χ2v) is 11.1. The van der Waals surface area contributed by atoms with Crippen molar-refractivity contribution >= 4 is 44.8 Å². The number of rotatable bonds is 4. The van der Waals surface area contributed by atoms with Crippen LogP contribution in [0.2, 0.25) is 0 Å². The molecule has 2 heteroatoms. The molecule has 43 heavy (non-hydrogen) atoms. The quantitative estimate of drug-likeness (QED) is 0.215. The molecule has 1 aliphatic heterocycles. The van der Waals surface area contributed by atoms with Gasteiger partial charge < -0.3 is 9.80 Å². The molecule has 2 nitrogen and oxygen atoms in total. The van der Waals surface area contributed by atoms with Crippen LogP contribution >= 0.6 is 0 Å². The van der Waals surface area contributed by atoms with Crippen LogP contribution in [0.5, 0.6) is 0 Å². The van der Waals surface area contributed by atoms with E-state index in [-0.39, 0.29) is 0 Å². The van der Waals surface area contributed by atoms with Crippen LogP contribution in [0.15, 0.2) is 170 Å². The van der Waals surface area contributed by atoms with Gasteiger partial charge in [0.05, 0.1) is 11.4 Å². The van der Waals surface area contributed by atoms with Gasteiger partial charge in [0, 0.05) is 34.2 Å². The predicted molar refractivity (Wildman–Crippen MR) is 183 cm³/mol. The normalized spacial score (nSPS) is 15.5. The first kappa shape index (κ1) is 25.1. The van der Waals surface area contributed by atoms with Crippen molar-refractivity contribution in [3.63, 3.8) is 0 Å². The molecule has 8 rings (SSSR count). The maximum atomic E-state index is 4.62. The van der Waals surface area contributed by atoms with Crippen LogP contribution in [0.4, 0.5) is 28.4 Å². The summed E-state index contributed by atoms with van der Waals surface area (Å²) in [5.41, 5.74) is 13.1. The Morgan fingerprint density at radius 2 is 1.30 bits per heavy atom. The fourth-order valence-corrected chi connectivity index (χ4v) is 6.57. The van der Waals surface area contributed by atoms with Gasteiger partial charge in [-0.15, -0.1) is 0 Å². The molecule has 2 aliphatic rings. The third-order valence-electron chi connectivity index (χ3n) is 8.62. The highest BCUT2D eigenvalue weighted by Gasteiger charge is 2.25. The molecule has 6 aromatic carbocycles. The summed E-state index contributed by atoms with van der Waals surface area (Å²) in [6.45, 7) is 4.62. The van der Waals surface area contributed by atoms with E-state index < -0.39 is 0 Å². The lowest BCUT2D eigenvalue weighted by atomic mass is 9.91. The minimum absolute atomic E-state index is 0.881. The monoisotopic (exact) mass is 550 g/mol. The summed E-state index contributed by atoms with van der Waals surface area (Å²) in [6.07, 6.45) is 7.44. The molecule has 1 aliphatic carbocycles. The molecule has 0 N–H and O–H groups in total. The molecule has 0 spiro atoms. The number of para-hydroxylation sites is 1. The van der Waals surface area contributed by atoms with E-state index in [9.17, 15) is 0 Å². The smallest absolute Gasteiger partial charge is 0.0540 e. The van der Waals surface area contributed by atoms with Gasteiger partial charge in [0.25, 0.3) is 0 Å². The van der Waals surface area contributed by atoms with E-state index in [0.29, 0.717) is 0 Å². The van der Waals surface area contributed by atoms with Gasteiger partial charge in [-0.25, -0.2) is 0 Å². The second-order valence-electron chi connectivity index (χ2n) is 11.1. The van der Waals surface area contributed by atoms with E-state index in [4.69, 9.17) is 0 Å². The summed E-state index contributed by atoms with van der Waals surface area (Å²) in [6, 6.07) is 50.0. The molecule has 6 aromatic rings. The van der Waals surface area contributed by atoms with Gasteiger partial charge in [0.2, 0.25) is 0 Å². The highest BCUT2D eigenvalue weighted by atomic mass is 15.1. The Hall–Kier alpha value is -5.60. The molecule has 0 amide bonds. The molecule has 0 fully saturated rings. The average molecular weight is 551 g/mol. The molecule has 0 aromatic heterocycles. The van der Waals surface area contributed by atoms with Crippen LogP contribution in [-0.4, -0.2) is 0 Å². The number of fused-ring (bicyclic) bond motifs is 4. The van der Waals surface area contributed by atoms with Crippen molar-refractivity contribution < 1.29 is 0 Å². The number of nitrogens with zero attached hydrogens (tertiary/aromatic N) is 2. The lowest BCUT2D eigenvalue weighted by molar-refractivity contribution is 1.21. The zero-order valence-electron chi connectivity index (χ0n) is 23.8. The number of hydrogen-bond donors (Lipinski definition) is 0. The van der Waals surface area contributed by atoms with Crippen LogP contribution in [-0.2, 0) is 6.42 Å². The molecule has 1 heterocycles. The predicted octanol–water partition coefficient (Wildman–Crippen LogP) is 11.1. The minimum Gasteiger partial charge on any atom is -0.317 e. The van der Waals surface area contributed by atoms with Gasteiger partial charge in [-0.2, -0.15) is 0 Å². The number of hydrogen-bond acceptors (Lipinski definition) is 2. The summed E-state index contributed by atoms with van der Waals surface area (Å²) in [7, 11) is 0. The summed E-state index contributed by atoms with van der Waals surface area (Å²) in [4.78, 5) is 4.64. The Labute approximate surface area is 252 Å². The maximum absolute atomic E-state index is 4.62. The van der Waals surface area contributed by atoms with Crippen LogP contribution in [0.1, 0.15) is 11.1 Å². The van der Waals surface area contributed by atoms with Gasteiger partial charge in [0.15, 0.2) is 0 Å². The summed E-state index contributed by atoms with van der Waals surface area (Å²) in [5, 5.41) is 2.44. The first-order chi connectivity index (χ1) is 21.3. The van der Waals surface area contributed by atoms with Crippen LogP contribution in [0.3, 0.4) is 0 Å². The average Bonchev–Trinajstić information content (AvgIpc) is 3.19. The van der Waals surface area contributed by atoms with Gasteiger partial charge in [-0.1, -0.05) is 104 Å².